The van der Waals surface area contributed by atoms with Gasteiger partial charge in [0, 0.05) is 17.8 Å². The number of amides is 3. The number of unbranched alkanes of at least 4 members (excludes halogenated alkanes) is 1. The Morgan fingerprint density at radius 1 is 1.05 bits per heavy atom. The summed E-state index contributed by atoms with van der Waals surface area (Å²) >= 11 is 0. The van der Waals surface area contributed by atoms with Gasteiger partial charge in [0.05, 0.1) is 7.11 Å². The highest BCUT2D eigenvalue weighted by molar-refractivity contribution is 5.99. The second kappa shape index (κ2) is 14.2. The van der Waals surface area contributed by atoms with Gasteiger partial charge in [0.1, 0.15) is 23.4 Å². The second-order valence-corrected chi connectivity index (χ2v) is 10.6. The van der Waals surface area contributed by atoms with Crippen LogP contribution < -0.4 is 15.4 Å². The first kappa shape index (κ1) is 31.2. The summed E-state index contributed by atoms with van der Waals surface area (Å²) in [7, 11) is 1.56. The van der Waals surface area contributed by atoms with Gasteiger partial charge >= 0.3 is 6.09 Å². The standard InChI is InChI=1S/C31H41N3O5/c1-9-11-20-34(29(36)26(21(3)4)33-30(37)39-31(5,6)7)27(25-15-13-12-14-22(25)10-2)28(35)32-23-16-18-24(38-8)19-17-23/h2,12-19,21,26-27H,9,11,20H2,1,3-8H3,(H,32,35)(H,33,37). The molecule has 2 N–H and O–H groups in total. The first-order chi connectivity index (χ1) is 18.4. The van der Waals surface area contributed by atoms with Crippen LogP contribution in [0.5, 0.6) is 5.75 Å². The van der Waals surface area contributed by atoms with Crippen LogP contribution in [-0.4, -0.2) is 48.1 Å². The minimum Gasteiger partial charge on any atom is -0.497 e. The van der Waals surface area contributed by atoms with Gasteiger partial charge < -0.3 is 25.0 Å². The number of benzene rings is 2. The minimum atomic E-state index is -1.04. The molecule has 0 heterocycles. The van der Waals surface area contributed by atoms with E-state index in [0.717, 1.165) is 6.42 Å². The number of ether oxygens (including phenoxy) is 2. The number of hydrogen-bond acceptors (Lipinski definition) is 5. The molecule has 8 nitrogen and oxygen atoms in total. The SMILES string of the molecule is C#Cc1ccccc1C(C(=O)Nc1ccc(OC)cc1)N(CCCC)C(=O)C(NC(=O)OC(C)(C)C)C(C)C. The van der Waals surface area contributed by atoms with Crippen LogP contribution in [0.1, 0.15) is 71.6 Å². The smallest absolute Gasteiger partial charge is 0.408 e. The molecule has 8 heteroatoms. The zero-order chi connectivity index (χ0) is 29.2. The van der Waals surface area contributed by atoms with E-state index in [1.807, 2.05) is 20.8 Å². The van der Waals surface area contributed by atoms with E-state index in [9.17, 15) is 14.4 Å². The van der Waals surface area contributed by atoms with Gasteiger partial charge in [-0.1, -0.05) is 51.3 Å². The first-order valence-corrected chi connectivity index (χ1v) is 13.2. The maximum Gasteiger partial charge on any atom is 0.408 e. The first-order valence-electron chi connectivity index (χ1n) is 13.2. The number of carbonyl (C=O) groups excluding carboxylic acids is 3. The Labute approximate surface area is 232 Å². The third-order valence-electron chi connectivity index (χ3n) is 5.97. The highest BCUT2D eigenvalue weighted by atomic mass is 16.6. The van der Waals surface area contributed by atoms with Gasteiger partial charge in [0.25, 0.3) is 5.91 Å². The van der Waals surface area contributed by atoms with Crippen molar-refractivity contribution in [2.45, 2.75) is 72.1 Å². The summed E-state index contributed by atoms with van der Waals surface area (Å²) in [5, 5.41) is 5.65. The molecule has 2 atom stereocenters. The highest BCUT2D eigenvalue weighted by Gasteiger charge is 2.38. The number of methoxy groups -OCH3 is 1. The maximum atomic E-state index is 14.2. The van der Waals surface area contributed by atoms with Crippen molar-refractivity contribution in [1.29, 1.82) is 0 Å². The number of nitrogens with zero attached hydrogens (tertiary/aromatic N) is 1. The molecule has 0 aliphatic carbocycles. The zero-order valence-electron chi connectivity index (χ0n) is 24.0. The lowest BCUT2D eigenvalue weighted by Gasteiger charge is -2.36. The monoisotopic (exact) mass is 535 g/mol. The van der Waals surface area contributed by atoms with Crippen molar-refractivity contribution < 1.29 is 23.9 Å². The molecule has 0 radical (unpaired) electrons. The van der Waals surface area contributed by atoms with Crippen LogP contribution >= 0.6 is 0 Å². The summed E-state index contributed by atoms with van der Waals surface area (Å²) < 4.78 is 10.6. The fourth-order valence-corrected chi connectivity index (χ4v) is 4.02. The molecule has 2 aromatic rings. The molecule has 0 aliphatic rings. The molecule has 210 valence electrons. The van der Waals surface area contributed by atoms with Gasteiger partial charge in [0.2, 0.25) is 5.91 Å². The molecule has 0 bridgehead atoms. The molecule has 0 spiro atoms. The normalized spacial score (nSPS) is 12.6. The van der Waals surface area contributed by atoms with Crippen molar-refractivity contribution >= 4 is 23.6 Å². The third kappa shape index (κ3) is 9.06. The van der Waals surface area contributed by atoms with Crippen molar-refractivity contribution in [2.24, 2.45) is 5.92 Å². The third-order valence-corrected chi connectivity index (χ3v) is 5.97. The van der Waals surface area contributed by atoms with E-state index in [1.165, 1.54) is 4.90 Å². The minimum absolute atomic E-state index is 0.276. The van der Waals surface area contributed by atoms with E-state index in [1.54, 1.807) is 76.4 Å². The second-order valence-electron chi connectivity index (χ2n) is 10.6. The summed E-state index contributed by atoms with van der Waals surface area (Å²) in [6.45, 7) is 11.2. The van der Waals surface area contributed by atoms with Crippen LogP contribution in [0.25, 0.3) is 0 Å². The summed E-state index contributed by atoms with van der Waals surface area (Å²) in [5.41, 5.74) is 0.834. The number of rotatable bonds is 11. The fraction of sp³-hybridized carbons (Fsp3) is 0.452. The highest BCUT2D eigenvalue weighted by Crippen LogP contribution is 2.28. The number of hydrogen-bond donors (Lipinski definition) is 2. The predicted octanol–water partition coefficient (Wildman–Crippen LogP) is 5.53. The van der Waals surface area contributed by atoms with E-state index < -0.39 is 35.6 Å². The van der Waals surface area contributed by atoms with Crippen molar-refractivity contribution in [2.75, 3.05) is 19.0 Å². The summed E-state index contributed by atoms with van der Waals surface area (Å²) in [4.78, 5) is 42.3. The van der Waals surface area contributed by atoms with Crippen LogP contribution in [0, 0.1) is 18.3 Å². The lowest BCUT2D eigenvalue weighted by atomic mass is 9.95. The van der Waals surface area contributed by atoms with Gasteiger partial charge in [-0.15, -0.1) is 6.42 Å². The number of terminal acetylenes is 1. The Morgan fingerprint density at radius 2 is 1.69 bits per heavy atom. The molecule has 39 heavy (non-hydrogen) atoms. The van der Waals surface area contributed by atoms with E-state index in [2.05, 4.69) is 16.6 Å². The topological polar surface area (TPSA) is 97.0 Å². The van der Waals surface area contributed by atoms with Crippen LogP contribution in [0.3, 0.4) is 0 Å². The predicted molar refractivity (Wildman–Crippen MR) is 153 cm³/mol. The number of nitrogens with one attached hydrogen (secondary N) is 2. The van der Waals surface area contributed by atoms with E-state index >= 15 is 0 Å². The molecular formula is C31H41N3O5. The van der Waals surface area contributed by atoms with Crippen molar-refractivity contribution in [3.8, 4) is 18.1 Å². The Bertz CT molecular complexity index is 1160. The molecule has 0 aliphatic heterocycles. The Hall–Kier alpha value is -3.99. The fourth-order valence-electron chi connectivity index (χ4n) is 4.02. The molecule has 0 saturated carbocycles. The number of alkyl carbamates (subject to hydrolysis) is 1. The lowest BCUT2D eigenvalue weighted by molar-refractivity contribution is -0.141. The van der Waals surface area contributed by atoms with Crippen LogP contribution in [0.15, 0.2) is 48.5 Å². The van der Waals surface area contributed by atoms with Crippen LogP contribution in [-0.2, 0) is 14.3 Å². The molecular weight excluding hydrogens is 494 g/mol. The lowest BCUT2D eigenvalue weighted by Crippen LogP contribution is -2.54. The molecule has 0 saturated heterocycles. The number of carbonyl (C=O) groups is 3. The average Bonchev–Trinajstić information content (AvgIpc) is 2.88. The Kier molecular flexibility index (Phi) is 11.4. The largest absolute Gasteiger partial charge is 0.497 e. The van der Waals surface area contributed by atoms with Gasteiger partial charge in [0.15, 0.2) is 0 Å². The number of anilines is 1. The zero-order valence-corrected chi connectivity index (χ0v) is 24.0. The van der Waals surface area contributed by atoms with Crippen molar-refractivity contribution in [3.63, 3.8) is 0 Å². The van der Waals surface area contributed by atoms with Gasteiger partial charge in [-0.25, -0.2) is 4.79 Å². The van der Waals surface area contributed by atoms with Gasteiger partial charge in [-0.05, 0) is 69.0 Å². The molecule has 2 rings (SSSR count). The summed E-state index contributed by atoms with van der Waals surface area (Å²) in [6.07, 6.45) is 6.55. The maximum absolute atomic E-state index is 14.2. The Morgan fingerprint density at radius 3 is 2.23 bits per heavy atom. The molecule has 2 unspecified atom stereocenters. The quantitative estimate of drug-likeness (QED) is 0.369. The van der Waals surface area contributed by atoms with Gasteiger partial charge in [-0.2, -0.15) is 0 Å². The molecule has 0 fully saturated rings. The molecule has 0 aromatic heterocycles. The summed E-state index contributed by atoms with van der Waals surface area (Å²) in [6, 6.07) is 12.0. The van der Waals surface area contributed by atoms with Crippen molar-refractivity contribution in [3.05, 3.63) is 59.7 Å². The van der Waals surface area contributed by atoms with Crippen molar-refractivity contribution in [1.82, 2.24) is 10.2 Å². The van der Waals surface area contributed by atoms with E-state index in [0.29, 0.717) is 29.0 Å². The van der Waals surface area contributed by atoms with Crippen LogP contribution in [0.4, 0.5) is 10.5 Å². The van der Waals surface area contributed by atoms with E-state index in [-0.39, 0.29) is 12.5 Å². The average molecular weight is 536 g/mol. The molecule has 2 aromatic carbocycles. The Balaban J connectivity index is 2.56. The molecule has 3 amide bonds. The summed E-state index contributed by atoms with van der Waals surface area (Å²) in [5.74, 6) is 2.20. The van der Waals surface area contributed by atoms with Crippen LogP contribution in [0.2, 0.25) is 0 Å². The van der Waals surface area contributed by atoms with E-state index in [4.69, 9.17) is 15.9 Å². The van der Waals surface area contributed by atoms with Gasteiger partial charge in [-0.3, -0.25) is 9.59 Å².